The molecule has 0 heteroatoms. The minimum atomic E-state index is 0.909. The van der Waals surface area contributed by atoms with E-state index in [1.807, 2.05) is 24.3 Å². The lowest BCUT2D eigenvalue weighted by Gasteiger charge is -1.91. The van der Waals surface area contributed by atoms with Crippen LogP contribution in [0.5, 0.6) is 0 Å². The van der Waals surface area contributed by atoms with E-state index < -0.39 is 0 Å². The second-order valence-corrected chi connectivity index (χ2v) is 3.48. The van der Waals surface area contributed by atoms with Crippen LogP contribution >= 0.6 is 0 Å². The Kier molecular flexibility index (Phi) is 5.13. The highest BCUT2D eigenvalue weighted by atomic mass is 13.9. The van der Waals surface area contributed by atoms with Gasteiger partial charge in [0.25, 0.3) is 0 Å². The molecule has 76 valence electrons. The molecule has 0 nitrogen and oxygen atoms in total. The number of unbranched alkanes of at least 4 members (excludes halogenated alkanes) is 3. The molecule has 0 unspecified atom stereocenters. The predicted molar refractivity (Wildman–Crippen MR) is 65.4 cm³/mol. The van der Waals surface area contributed by atoms with Crippen molar-refractivity contribution < 1.29 is 0 Å². The number of terminal acetylenes is 1. The van der Waals surface area contributed by atoms with Crippen LogP contribution in [0.1, 0.15) is 43.7 Å². The molecule has 0 atom stereocenters. The number of benzene rings is 1. The third-order valence-electron chi connectivity index (χ3n) is 2.19. The van der Waals surface area contributed by atoms with E-state index in [0.717, 1.165) is 17.5 Å². The van der Waals surface area contributed by atoms with Gasteiger partial charge in [0.2, 0.25) is 0 Å². The molecule has 0 N–H and O–H groups in total. The predicted octanol–water partition coefficient (Wildman–Crippen LogP) is 3.60. The van der Waals surface area contributed by atoms with Gasteiger partial charge >= 0.3 is 0 Å². The Morgan fingerprint density at radius 2 is 1.73 bits per heavy atom. The minimum absolute atomic E-state index is 0.909. The lowest BCUT2D eigenvalue weighted by atomic mass is 10.1. The number of rotatable bonds is 3. The van der Waals surface area contributed by atoms with Gasteiger partial charge in [0.15, 0.2) is 0 Å². The van der Waals surface area contributed by atoms with Crippen LogP contribution in [0.4, 0.5) is 0 Å². The lowest BCUT2D eigenvalue weighted by Crippen LogP contribution is -1.77. The molecule has 0 saturated carbocycles. The van der Waals surface area contributed by atoms with Crippen molar-refractivity contribution in [3.05, 3.63) is 35.4 Å². The molecule has 15 heavy (non-hydrogen) atoms. The van der Waals surface area contributed by atoms with Crippen molar-refractivity contribution in [1.82, 2.24) is 0 Å². The largest absolute Gasteiger partial charge is 0.115 e. The maximum Gasteiger partial charge on any atom is 0.0246 e. The van der Waals surface area contributed by atoms with Gasteiger partial charge in [-0.2, -0.15) is 0 Å². The molecule has 0 radical (unpaired) electrons. The highest BCUT2D eigenvalue weighted by Crippen LogP contribution is 2.02. The van der Waals surface area contributed by atoms with Crippen LogP contribution in [0.3, 0.4) is 0 Å². The van der Waals surface area contributed by atoms with E-state index in [0.29, 0.717) is 0 Å². The molecule has 0 aromatic heterocycles. The molecule has 0 aliphatic heterocycles. The van der Waals surface area contributed by atoms with Crippen LogP contribution in [0.2, 0.25) is 0 Å². The molecule has 0 saturated heterocycles. The molecule has 0 spiro atoms. The summed E-state index contributed by atoms with van der Waals surface area (Å²) in [4.78, 5) is 0. The van der Waals surface area contributed by atoms with Gasteiger partial charge < -0.3 is 0 Å². The van der Waals surface area contributed by atoms with Crippen LogP contribution in [-0.4, -0.2) is 0 Å². The van der Waals surface area contributed by atoms with Crippen LogP contribution in [0, 0.1) is 24.2 Å². The van der Waals surface area contributed by atoms with E-state index in [9.17, 15) is 0 Å². The van der Waals surface area contributed by atoms with Gasteiger partial charge in [0.1, 0.15) is 0 Å². The van der Waals surface area contributed by atoms with Crippen LogP contribution < -0.4 is 0 Å². The second kappa shape index (κ2) is 6.74. The standard InChI is InChI=1S/C15H16/c1-3-5-6-7-8-9-15-12-10-14(4-2)11-13-15/h2,10-13H,3,5-7H2,1H3. The Labute approximate surface area is 92.7 Å². The molecular formula is C15H16. The fourth-order valence-electron chi connectivity index (χ4n) is 1.28. The van der Waals surface area contributed by atoms with Crippen molar-refractivity contribution in [2.45, 2.75) is 32.6 Å². The summed E-state index contributed by atoms with van der Waals surface area (Å²) in [6, 6.07) is 7.80. The van der Waals surface area contributed by atoms with E-state index >= 15 is 0 Å². The van der Waals surface area contributed by atoms with Gasteiger partial charge in [-0.15, -0.1) is 6.42 Å². The van der Waals surface area contributed by atoms with Crippen molar-refractivity contribution in [3.63, 3.8) is 0 Å². The average molecular weight is 196 g/mol. The molecule has 1 aromatic rings. The van der Waals surface area contributed by atoms with Gasteiger partial charge in [0, 0.05) is 17.5 Å². The maximum absolute atomic E-state index is 5.27. The van der Waals surface area contributed by atoms with Gasteiger partial charge in [-0.3, -0.25) is 0 Å². The first-order valence-corrected chi connectivity index (χ1v) is 5.42. The Balaban J connectivity index is 2.46. The summed E-state index contributed by atoms with van der Waals surface area (Å²) in [5.41, 5.74) is 1.96. The van der Waals surface area contributed by atoms with Crippen molar-refractivity contribution in [2.24, 2.45) is 0 Å². The summed E-state index contributed by atoms with van der Waals surface area (Å²) < 4.78 is 0. The first-order chi connectivity index (χ1) is 7.36. The van der Waals surface area contributed by atoms with E-state index in [-0.39, 0.29) is 0 Å². The second-order valence-electron chi connectivity index (χ2n) is 3.48. The molecule has 1 rings (SSSR count). The zero-order valence-electron chi connectivity index (χ0n) is 9.22. The summed E-state index contributed by atoms with van der Waals surface area (Å²) >= 11 is 0. The first-order valence-electron chi connectivity index (χ1n) is 5.42. The highest BCUT2D eigenvalue weighted by Gasteiger charge is 1.87. The van der Waals surface area contributed by atoms with Crippen molar-refractivity contribution in [1.29, 1.82) is 0 Å². The third-order valence-corrected chi connectivity index (χ3v) is 2.19. The van der Waals surface area contributed by atoms with Crippen LogP contribution in [0.25, 0.3) is 0 Å². The van der Waals surface area contributed by atoms with Crippen LogP contribution in [0.15, 0.2) is 24.3 Å². The molecule has 0 bridgehead atoms. The minimum Gasteiger partial charge on any atom is -0.115 e. The highest BCUT2D eigenvalue weighted by molar-refractivity contribution is 5.40. The summed E-state index contributed by atoms with van der Waals surface area (Å²) in [7, 11) is 0. The Morgan fingerprint density at radius 1 is 1.07 bits per heavy atom. The smallest absolute Gasteiger partial charge is 0.0246 e. The molecular weight excluding hydrogens is 180 g/mol. The molecule has 0 fully saturated rings. The number of hydrogen-bond acceptors (Lipinski definition) is 0. The van der Waals surface area contributed by atoms with Gasteiger partial charge in [-0.25, -0.2) is 0 Å². The van der Waals surface area contributed by atoms with E-state index in [4.69, 9.17) is 6.42 Å². The van der Waals surface area contributed by atoms with Gasteiger partial charge in [-0.05, 0) is 30.7 Å². The van der Waals surface area contributed by atoms with Gasteiger partial charge in [0.05, 0.1) is 0 Å². The van der Waals surface area contributed by atoms with Crippen molar-refractivity contribution in [3.8, 4) is 24.2 Å². The summed E-state index contributed by atoms with van der Waals surface area (Å²) in [5.74, 6) is 8.90. The lowest BCUT2D eigenvalue weighted by molar-refractivity contribution is 0.737. The monoisotopic (exact) mass is 196 g/mol. The maximum atomic E-state index is 5.27. The summed E-state index contributed by atoms with van der Waals surface area (Å²) in [6.07, 6.45) is 9.98. The average Bonchev–Trinajstić information content (AvgIpc) is 2.30. The Morgan fingerprint density at radius 3 is 2.33 bits per heavy atom. The van der Waals surface area contributed by atoms with E-state index in [2.05, 4.69) is 24.7 Å². The fourth-order valence-corrected chi connectivity index (χ4v) is 1.28. The molecule has 0 heterocycles. The van der Waals surface area contributed by atoms with Crippen molar-refractivity contribution >= 4 is 0 Å². The zero-order chi connectivity index (χ0) is 10.9. The van der Waals surface area contributed by atoms with Crippen molar-refractivity contribution in [2.75, 3.05) is 0 Å². The Hall–Kier alpha value is -1.66. The molecule has 1 aromatic carbocycles. The van der Waals surface area contributed by atoms with E-state index in [1.54, 1.807) is 0 Å². The quantitative estimate of drug-likeness (QED) is 0.512. The fraction of sp³-hybridized carbons (Fsp3) is 0.333. The number of hydrogen-bond donors (Lipinski definition) is 0. The SMILES string of the molecule is C#Cc1ccc(C#CCCCCC)cc1. The van der Waals surface area contributed by atoms with E-state index in [1.165, 1.54) is 19.3 Å². The molecule has 0 aliphatic carbocycles. The Bertz CT molecular complexity index is 379. The normalized spacial score (nSPS) is 8.80. The third kappa shape index (κ3) is 4.39. The first kappa shape index (κ1) is 11.4. The van der Waals surface area contributed by atoms with Crippen LogP contribution in [-0.2, 0) is 0 Å². The summed E-state index contributed by atoms with van der Waals surface area (Å²) in [6.45, 7) is 2.20. The molecule has 0 amide bonds. The topological polar surface area (TPSA) is 0 Å². The molecule has 0 aliphatic rings. The zero-order valence-corrected chi connectivity index (χ0v) is 9.22. The summed E-state index contributed by atoms with van der Waals surface area (Å²) in [5, 5.41) is 0. The van der Waals surface area contributed by atoms with Gasteiger partial charge in [-0.1, -0.05) is 37.5 Å².